The summed E-state index contributed by atoms with van der Waals surface area (Å²) in [6, 6.07) is 0. The average Bonchev–Trinajstić information content (AvgIpc) is 2.34. The molecule has 1 rings (SSSR count). The third kappa shape index (κ3) is 5.50. The molecule has 1 N–H and O–H groups in total. The Morgan fingerprint density at radius 1 is 1.06 bits per heavy atom. The molecule has 0 bridgehead atoms. The van der Waals surface area contributed by atoms with E-state index in [4.69, 9.17) is 0 Å². The average molecular weight is 226 g/mol. The van der Waals surface area contributed by atoms with E-state index in [2.05, 4.69) is 12.2 Å². The molecule has 0 saturated carbocycles. The number of amides is 1. The molecule has 0 atom stereocenters. The second-order valence-corrected chi connectivity index (χ2v) is 4.65. The van der Waals surface area contributed by atoms with E-state index in [0.29, 0.717) is 5.91 Å². The van der Waals surface area contributed by atoms with Gasteiger partial charge >= 0.3 is 0 Å². The summed E-state index contributed by atoms with van der Waals surface area (Å²) in [7, 11) is 0. The topological polar surface area (TPSA) is 32.3 Å². The van der Waals surface area contributed by atoms with E-state index in [9.17, 15) is 4.79 Å². The van der Waals surface area contributed by atoms with Crippen molar-refractivity contribution in [3.8, 4) is 0 Å². The van der Waals surface area contributed by atoms with Gasteiger partial charge in [0.05, 0.1) is 0 Å². The predicted octanol–water partition coefficient (Wildman–Crippen LogP) is 2.17. The molecule has 16 heavy (non-hydrogen) atoms. The van der Waals surface area contributed by atoms with Gasteiger partial charge in [0, 0.05) is 32.6 Å². The van der Waals surface area contributed by atoms with Crippen molar-refractivity contribution in [2.45, 2.75) is 51.9 Å². The van der Waals surface area contributed by atoms with Gasteiger partial charge in [-0.15, -0.1) is 0 Å². The Morgan fingerprint density at radius 2 is 1.69 bits per heavy atom. The van der Waals surface area contributed by atoms with Crippen molar-refractivity contribution in [1.82, 2.24) is 10.2 Å². The van der Waals surface area contributed by atoms with Gasteiger partial charge in [-0.25, -0.2) is 0 Å². The first-order chi connectivity index (χ1) is 7.84. The van der Waals surface area contributed by atoms with E-state index in [1.807, 2.05) is 4.90 Å². The standard InChI is InChI=1S/C13H26N2O/c1-2-3-4-5-6-7-8-13(16)15-11-9-14-10-12-15/h14H,2-12H2,1H3. The Morgan fingerprint density at radius 3 is 2.38 bits per heavy atom. The van der Waals surface area contributed by atoms with Crippen LogP contribution in [0.15, 0.2) is 0 Å². The van der Waals surface area contributed by atoms with Crippen molar-refractivity contribution >= 4 is 5.91 Å². The van der Waals surface area contributed by atoms with Crippen molar-refractivity contribution in [1.29, 1.82) is 0 Å². The molecule has 0 aromatic carbocycles. The van der Waals surface area contributed by atoms with Gasteiger partial charge < -0.3 is 10.2 Å². The Balaban J connectivity index is 1.97. The number of hydrogen-bond acceptors (Lipinski definition) is 2. The maximum absolute atomic E-state index is 11.8. The Bertz CT molecular complexity index is 188. The summed E-state index contributed by atoms with van der Waals surface area (Å²) in [6.45, 7) is 5.95. The molecule has 1 aliphatic rings. The zero-order valence-corrected chi connectivity index (χ0v) is 10.6. The summed E-state index contributed by atoms with van der Waals surface area (Å²) >= 11 is 0. The number of nitrogens with one attached hydrogen (secondary N) is 1. The highest BCUT2D eigenvalue weighted by Gasteiger charge is 2.14. The lowest BCUT2D eigenvalue weighted by molar-refractivity contribution is -0.131. The van der Waals surface area contributed by atoms with Crippen LogP contribution in [0.2, 0.25) is 0 Å². The molecule has 0 spiro atoms. The van der Waals surface area contributed by atoms with Crippen LogP contribution in [0.4, 0.5) is 0 Å². The fourth-order valence-electron chi connectivity index (χ4n) is 2.13. The highest BCUT2D eigenvalue weighted by molar-refractivity contribution is 5.76. The minimum Gasteiger partial charge on any atom is -0.340 e. The van der Waals surface area contributed by atoms with E-state index in [1.54, 1.807) is 0 Å². The number of piperazine rings is 1. The fourth-order valence-corrected chi connectivity index (χ4v) is 2.13. The summed E-state index contributed by atoms with van der Waals surface area (Å²) in [6.07, 6.45) is 8.31. The largest absolute Gasteiger partial charge is 0.340 e. The van der Waals surface area contributed by atoms with Gasteiger partial charge in [0.1, 0.15) is 0 Å². The molecule has 0 aromatic rings. The lowest BCUT2D eigenvalue weighted by Gasteiger charge is -2.27. The van der Waals surface area contributed by atoms with Crippen LogP contribution in [-0.4, -0.2) is 37.0 Å². The highest BCUT2D eigenvalue weighted by Crippen LogP contribution is 2.08. The van der Waals surface area contributed by atoms with Crippen LogP contribution in [0.1, 0.15) is 51.9 Å². The molecule has 1 amide bonds. The van der Waals surface area contributed by atoms with Gasteiger partial charge in [0.15, 0.2) is 0 Å². The molecule has 3 heteroatoms. The molecule has 0 aliphatic carbocycles. The summed E-state index contributed by atoms with van der Waals surface area (Å²) in [5.74, 6) is 0.358. The molecule has 3 nitrogen and oxygen atoms in total. The maximum atomic E-state index is 11.8. The summed E-state index contributed by atoms with van der Waals surface area (Å²) in [5.41, 5.74) is 0. The van der Waals surface area contributed by atoms with Crippen molar-refractivity contribution in [2.75, 3.05) is 26.2 Å². The van der Waals surface area contributed by atoms with Gasteiger partial charge in [0.25, 0.3) is 0 Å². The van der Waals surface area contributed by atoms with Crippen molar-refractivity contribution in [3.05, 3.63) is 0 Å². The number of carbonyl (C=O) groups excluding carboxylic acids is 1. The third-order valence-electron chi connectivity index (χ3n) is 3.21. The van der Waals surface area contributed by atoms with Crippen LogP contribution in [0, 0.1) is 0 Å². The second kappa shape index (κ2) is 8.57. The Hall–Kier alpha value is -0.570. The molecule has 1 aliphatic heterocycles. The smallest absolute Gasteiger partial charge is 0.222 e. The van der Waals surface area contributed by atoms with Crippen LogP contribution in [0.3, 0.4) is 0 Å². The van der Waals surface area contributed by atoms with Gasteiger partial charge in [-0.2, -0.15) is 0 Å². The first-order valence-corrected chi connectivity index (χ1v) is 6.83. The van der Waals surface area contributed by atoms with Gasteiger partial charge in [-0.1, -0.05) is 39.0 Å². The van der Waals surface area contributed by atoms with E-state index in [-0.39, 0.29) is 0 Å². The van der Waals surface area contributed by atoms with E-state index in [0.717, 1.165) is 39.0 Å². The SMILES string of the molecule is CCCCCCCCC(=O)N1CCNCC1. The first kappa shape index (κ1) is 13.5. The summed E-state index contributed by atoms with van der Waals surface area (Å²) in [4.78, 5) is 13.8. The molecule has 1 saturated heterocycles. The number of nitrogens with zero attached hydrogens (tertiary/aromatic N) is 1. The number of rotatable bonds is 7. The van der Waals surface area contributed by atoms with Gasteiger partial charge in [0.2, 0.25) is 5.91 Å². The van der Waals surface area contributed by atoms with Crippen molar-refractivity contribution in [2.24, 2.45) is 0 Å². The minimum absolute atomic E-state index is 0.358. The minimum atomic E-state index is 0.358. The molecule has 0 aromatic heterocycles. The fraction of sp³-hybridized carbons (Fsp3) is 0.923. The van der Waals surface area contributed by atoms with Crippen LogP contribution in [-0.2, 0) is 4.79 Å². The molecular weight excluding hydrogens is 200 g/mol. The third-order valence-corrected chi connectivity index (χ3v) is 3.21. The molecule has 1 heterocycles. The summed E-state index contributed by atoms with van der Waals surface area (Å²) < 4.78 is 0. The van der Waals surface area contributed by atoms with Crippen molar-refractivity contribution < 1.29 is 4.79 Å². The van der Waals surface area contributed by atoms with E-state index >= 15 is 0 Å². The van der Waals surface area contributed by atoms with E-state index < -0.39 is 0 Å². The lowest BCUT2D eigenvalue weighted by Crippen LogP contribution is -2.46. The molecule has 0 unspecified atom stereocenters. The van der Waals surface area contributed by atoms with E-state index in [1.165, 1.54) is 32.1 Å². The number of unbranched alkanes of at least 4 members (excludes halogenated alkanes) is 5. The van der Waals surface area contributed by atoms with Crippen LogP contribution in [0.25, 0.3) is 0 Å². The predicted molar refractivity (Wildman–Crippen MR) is 67.4 cm³/mol. The Kier molecular flexibility index (Phi) is 7.23. The van der Waals surface area contributed by atoms with Gasteiger partial charge in [-0.3, -0.25) is 4.79 Å². The van der Waals surface area contributed by atoms with Crippen LogP contribution >= 0.6 is 0 Å². The second-order valence-electron chi connectivity index (χ2n) is 4.65. The quantitative estimate of drug-likeness (QED) is 0.675. The number of carbonyl (C=O) groups is 1. The van der Waals surface area contributed by atoms with Crippen LogP contribution in [0.5, 0.6) is 0 Å². The molecule has 94 valence electrons. The van der Waals surface area contributed by atoms with Crippen LogP contribution < -0.4 is 5.32 Å². The van der Waals surface area contributed by atoms with Crippen molar-refractivity contribution in [3.63, 3.8) is 0 Å². The molecule has 1 fully saturated rings. The molecular formula is C13H26N2O. The lowest BCUT2D eigenvalue weighted by atomic mass is 10.1. The molecule has 0 radical (unpaired) electrons. The maximum Gasteiger partial charge on any atom is 0.222 e. The monoisotopic (exact) mass is 226 g/mol. The Labute approximate surface area is 99.6 Å². The van der Waals surface area contributed by atoms with Gasteiger partial charge in [-0.05, 0) is 6.42 Å². The zero-order chi connectivity index (χ0) is 11.6. The summed E-state index contributed by atoms with van der Waals surface area (Å²) in [5, 5.41) is 3.27. The number of hydrogen-bond donors (Lipinski definition) is 1. The zero-order valence-electron chi connectivity index (χ0n) is 10.6. The first-order valence-electron chi connectivity index (χ1n) is 6.83. The highest BCUT2D eigenvalue weighted by atomic mass is 16.2. The normalized spacial score (nSPS) is 16.4.